The molecule has 1 atom stereocenters. The predicted octanol–water partition coefficient (Wildman–Crippen LogP) is 3.73. The van der Waals surface area contributed by atoms with E-state index in [0.717, 1.165) is 63.7 Å². The molecule has 1 aliphatic heterocycles. The van der Waals surface area contributed by atoms with Crippen molar-refractivity contribution in [3.8, 4) is 11.6 Å². The van der Waals surface area contributed by atoms with Gasteiger partial charge in [0.15, 0.2) is 5.76 Å². The summed E-state index contributed by atoms with van der Waals surface area (Å²) in [4.78, 5) is 7.21. The van der Waals surface area contributed by atoms with Crippen LogP contribution in [0.15, 0.2) is 22.8 Å². The van der Waals surface area contributed by atoms with Crippen molar-refractivity contribution in [2.45, 2.75) is 46.6 Å². The maximum atomic E-state index is 5.51. The van der Waals surface area contributed by atoms with E-state index >= 15 is 0 Å². The molecule has 150 valence electrons. The Labute approximate surface area is 162 Å². The molecule has 0 aliphatic carbocycles. The van der Waals surface area contributed by atoms with E-state index in [1.807, 2.05) is 12.1 Å². The number of furan rings is 1. The van der Waals surface area contributed by atoms with Gasteiger partial charge in [0, 0.05) is 39.3 Å². The van der Waals surface area contributed by atoms with Gasteiger partial charge >= 0.3 is 0 Å². The molecule has 2 aromatic heterocycles. The van der Waals surface area contributed by atoms with Crippen LogP contribution in [0.4, 0.5) is 0 Å². The second-order valence-corrected chi connectivity index (χ2v) is 8.30. The van der Waals surface area contributed by atoms with E-state index in [2.05, 4.69) is 37.4 Å². The highest BCUT2D eigenvalue weighted by atomic mass is 16.5. The molecule has 2 aromatic rings. The molecule has 3 heterocycles. The van der Waals surface area contributed by atoms with Crippen molar-refractivity contribution < 1.29 is 9.15 Å². The molecule has 0 amide bonds. The lowest BCUT2D eigenvalue weighted by Crippen LogP contribution is -2.29. The van der Waals surface area contributed by atoms with Gasteiger partial charge in [0.1, 0.15) is 5.82 Å². The third-order valence-corrected chi connectivity index (χ3v) is 5.72. The molecular weight excluding hydrogens is 340 g/mol. The van der Waals surface area contributed by atoms with Crippen molar-refractivity contribution in [3.63, 3.8) is 0 Å². The smallest absolute Gasteiger partial charge is 0.217 e. The first kappa shape index (κ1) is 20.1. The van der Waals surface area contributed by atoms with Crippen LogP contribution in [0.3, 0.4) is 0 Å². The molecule has 1 unspecified atom stereocenters. The van der Waals surface area contributed by atoms with E-state index in [4.69, 9.17) is 19.2 Å². The highest BCUT2D eigenvalue weighted by molar-refractivity contribution is 5.45. The molecule has 6 heteroatoms. The molecule has 6 nitrogen and oxygen atoms in total. The number of hydrogen-bond donors (Lipinski definition) is 0. The van der Waals surface area contributed by atoms with Gasteiger partial charge in [-0.05, 0) is 49.8 Å². The van der Waals surface area contributed by atoms with Gasteiger partial charge < -0.3 is 14.1 Å². The van der Waals surface area contributed by atoms with Crippen LogP contribution in [0.5, 0.6) is 0 Å². The largest absolute Gasteiger partial charge is 0.461 e. The zero-order valence-corrected chi connectivity index (χ0v) is 17.2. The molecule has 1 saturated heterocycles. The van der Waals surface area contributed by atoms with Crippen molar-refractivity contribution in [2.24, 2.45) is 17.8 Å². The fraction of sp³-hybridized carbons (Fsp3) is 0.714. The summed E-state index contributed by atoms with van der Waals surface area (Å²) in [6, 6.07) is 3.81. The molecule has 1 fully saturated rings. The van der Waals surface area contributed by atoms with Gasteiger partial charge in [0.05, 0.1) is 6.26 Å². The fourth-order valence-corrected chi connectivity index (χ4v) is 3.47. The minimum absolute atomic E-state index is 0.613. The highest BCUT2D eigenvalue weighted by Crippen LogP contribution is 2.21. The Morgan fingerprint density at radius 2 is 2.04 bits per heavy atom. The van der Waals surface area contributed by atoms with E-state index in [0.29, 0.717) is 23.6 Å². The average molecular weight is 375 g/mol. The van der Waals surface area contributed by atoms with Gasteiger partial charge in [-0.2, -0.15) is 0 Å². The van der Waals surface area contributed by atoms with E-state index in [1.165, 1.54) is 0 Å². The SMILES string of the molecule is CC(C)C(C)CN(C)CCc1nc(-c2ccco2)nn1CC1CCOCC1. The monoisotopic (exact) mass is 374 g/mol. The molecule has 0 saturated carbocycles. The Morgan fingerprint density at radius 3 is 2.70 bits per heavy atom. The lowest BCUT2D eigenvalue weighted by atomic mass is 9.98. The third kappa shape index (κ3) is 5.66. The molecule has 27 heavy (non-hydrogen) atoms. The van der Waals surface area contributed by atoms with Crippen LogP contribution in [0, 0.1) is 17.8 Å². The Morgan fingerprint density at radius 1 is 1.26 bits per heavy atom. The Balaban J connectivity index is 1.67. The van der Waals surface area contributed by atoms with Crippen LogP contribution in [0.25, 0.3) is 11.6 Å². The summed E-state index contributed by atoms with van der Waals surface area (Å²) in [6.45, 7) is 11.6. The number of nitrogens with zero attached hydrogens (tertiary/aromatic N) is 4. The Bertz CT molecular complexity index is 674. The first-order chi connectivity index (χ1) is 13.0. The van der Waals surface area contributed by atoms with E-state index in [1.54, 1.807) is 6.26 Å². The third-order valence-electron chi connectivity index (χ3n) is 5.72. The first-order valence-corrected chi connectivity index (χ1v) is 10.3. The lowest BCUT2D eigenvalue weighted by Gasteiger charge is -2.24. The van der Waals surface area contributed by atoms with Gasteiger partial charge in [-0.3, -0.25) is 0 Å². The second kappa shape index (κ2) is 9.51. The second-order valence-electron chi connectivity index (χ2n) is 8.30. The minimum atomic E-state index is 0.613. The Kier molecular flexibility index (Phi) is 7.07. The minimum Gasteiger partial charge on any atom is -0.461 e. The van der Waals surface area contributed by atoms with Crippen molar-refractivity contribution in [2.75, 3.05) is 33.4 Å². The molecule has 0 N–H and O–H groups in total. The van der Waals surface area contributed by atoms with Crippen LogP contribution in [-0.4, -0.2) is 53.0 Å². The quantitative estimate of drug-likeness (QED) is 0.669. The molecule has 1 aliphatic rings. The van der Waals surface area contributed by atoms with Crippen molar-refractivity contribution in [1.82, 2.24) is 19.7 Å². The van der Waals surface area contributed by atoms with Crippen LogP contribution in [-0.2, 0) is 17.7 Å². The number of aromatic nitrogens is 3. The molecule has 0 radical (unpaired) electrons. The summed E-state index contributed by atoms with van der Waals surface area (Å²) < 4.78 is 13.1. The van der Waals surface area contributed by atoms with Crippen LogP contribution < -0.4 is 0 Å². The fourth-order valence-electron chi connectivity index (χ4n) is 3.47. The number of hydrogen-bond acceptors (Lipinski definition) is 5. The normalized spacial score (nSPS) is 17.1. The number of rotatable bonds is 9. The zero-order valence-electron chi connectivity index (χ0n) is 17.2. The summed E-state index contributed by atoms with van der Waals surface area (Å²) in [6.07, 6.45) is 4.77. The zero-order chi connectivity index (χ0) is 19.2. The van der Waals surface area contributed by atoms with Crippen molar-refractivity contribution in [3.05, 3.63) is 24.2 Å². The molecular formula is C21H34N4O2. The van der Waals surface area contributed by atoms with Gasteiger partial charge in [-0.15, -0.1) is 5.10 Å². The van der Waals surface area contributed by atoms with Crippen LogP contribution >= 0.6 is 0 Å². The van der Waals surface area contributed by atoms with Gasteiger partial charge in [-0.1, -0.05) is 20.8 Å². The van der Waals surface area contributed by atoms with Crippen LogP contribution in [0.1, 0.15) is 39.4 Å². The standard InChI is InChI=1S/C21H34N4O2/c1-16(2)17(3)14-24(4)10-7-20-22-21(19-6-5-11-27-19)23-25(20)15-18-8-12-26-13-9-18/h5-6,11,16-18H,7-10,12-15H2,1-4H3. The van der Waals surface area contributed by atoms with E-state index < -0.39 is 0 Å². The molecule has 3 rings (SSSR count). The number of likely N-dealkylation sites (N-methyl/N-ethyl adjacent to an activating group) is 1. The maximum absolute atomic E-state index is 5.51. The maximum Gasteiger partial charge on any atom is 0.217 e. The summed E-state index contributed by atoms with van der Waals surface area (Å²) >= 11 is 0. The summed E-state index contributed by atoms with van der Waals surface area (Å²) in [5, 5.41) is 4.77. The Hall–Kier alpha value is -1.66. The summed E-state index contributed by atoms with van der Waals surface area (Å²) in [5.74, 6) is 4.49. The molecule has 0 bridgehead atoms. The molecule has 0 spiro atoms. The van der Waals surface area contributed by atoms with Gasteiger partial charge in [-0.25, -0.2) is 9.67 Å². The average Bonchev–Trinajstić information content (AvgIpc) is 3.30. The van der Waals surface area contributed by atoms with Gasteiger partial charge in [0.25, 0.3) is 0 Å². The van der Waals surface area contributed by atoms with Crippen LogP contribution in [0.2, 0.25) is 0 Å². The number of ether oxygens (including phenoxy) is 1. The van der Waals surface area contributed by atoms with E-state index in [9.17, 15) is 0 Å². The van der Waals surface area contributed by atoms with Crippen molar-refractivity contribution in [1.29, 1.82) is 0 Å². The highest BCUT2D eigenvalue weighted by Gasteiger charge is 2.20. The van der Waals surface area contributed by atoms with Crippen molar-refractivity contribution >= 4 is 0 Å². The van der Waals surface area contributed by atoms with Gasteiger partial charge in [0.2, 0.25) is 5.82 Å². The molecule has 0 aromatic carbocycles. The lowest BCUT2D eigenvalue weighted by molar-refractivity contribution is 0.0598. The predicted molar refractivity (Wildman–Crippen MR) is 106 cm³/mol. The summed E-state index contributed by atoms with van der Waals surface area (Å²) in [7, 11) is 2.20. The topological polar surface area (TPSA) is 56.3 Å². The van der Waals surface area contributed by atoms with E-state index in [-0.39, 0.29) is 0 Å². The first-order valence-electron chi connectivity index (χ1n) is 10.3. The summed E-state index contributed by atoms with van der Waals surface area (Å²) in [5.41, 5.74) is 0.